The van der Waals surface area contributed by atoms with E-state index in [-0.39, 0.29) is 15.9 Å². The predicted molar refractivity (Wildman–Crippen MR) is 104 cm³/mol. The van der Waals surface area contributed by atoms with Crippen molar-refractivity contribution in [1.82, 2.24) is 10.2 Å². The Morgan fingerprint density at radius 2 is 2.04 bits per heavy atom. The first-order valence-electron chi connectivity index (χ1n) is 7.71. The molecule has 0 saturated heterocycles. The molecule has 0 spiro atoms. The number of aromatic nitrogens is 2. The molecule has 1 atom stereocenters. The smallest absolute Gasteiger partial charge is 0.269 e. The number of nitro benzene ring substituents is 1. The van der Waals surface area contributed by atoms with Crippen LogP contribution in [0.25, 0.3) is 0 Å². The third kappa shape index (κ3) is 4.30. The normalized spacial score (nSPS) is 11.8. The van der Waals surface area contributed by atoms with Crippen molar-refractivity contribution >= 4 is 39.6 Å². The molecule has 7 nitrogen and oxygen atoms in total. The van der Waals surface area contributed by atoms with Crippen LogP contribution in [0.1, 0.15) is 17.7 Å². The summed E-state index contributed by atoms with van der Waals surface area (Å²) in [6, 6.07) is 14.2. The van der Waals surface area contributed by atoms with Crippen LogP contribution in [0.4, 0.5) is 16.5 Å². The second-order valence-corrected chi connectivity index (χ2v) is 7.88. The number of non-ortho nitro benzene ring substituents is 1. The van der Waals surface area contributed by atoms with Crippen molar-refractivity contribution in [3.63, 3.8) is 0 Å². The Morgan fingerprint density at radius 3 is 2.81 bits per heavy atom. The van der Waals surface area contributed by atoms with E-state index in [4.69, 9.17) is 4.74 Å². The molecule has 1 N–H and O–H groups in total. The molecule has 0 aliphatic carbocycles. The highest BCUT2D eigenvalue weighted by molar-refractivity contribution is 8.01. The van der Waals surface area contributed by atoms with Gasteiger partial charge in [0.05, 0.1) is 17.7 Å². The van der Waals surface area contributed by atoms with Gasteiger partial charge in [0.15, 0.2) is 4.34 Å². The van der Waals surface area contributed by atoms with Gasteiger partial charge in [-0.2, -0.15) is 0 Å². The van der Waals surface area contributed by atoms with Gasteiger partial charge in [-0.15, -0.1) is 10.2 Å². The molecular weight excluding hydrogens is 372 g/mol. The molecule has 1 unspecified atom stereocenters. The summed E-state index contributed by atoms with van der Waals surface area (Å²) in [6.45, 7) is 1.98. The fourth-order valence-corrected chi connectivity index (χ4v) is 4.31. The second kappa shape index (κ2) is 8.15. The van der Waals surface area contributed by atoms with Gasteiger partial charge in [0.2, 0.25) is 5.13 Å². The summed E-state index contributed by atoms with van der Waals surface area (Å²) >= 11 is 2.93. The lowest BCUT2D eigenvalue weighted by Crippen LogP contribution is -1.93. The van der Waals surface area contributed by atoms with Gasteiger partial charge in [0, 0.05) is 17.4 Å². The number of rotatable bonds is 7. The number of thioether (sulfide) groups is 1. The third-order valence-electron chi connectivity index (χ3n) is 3.58. The minimum Gasteiger partial charge on any atom is -0.495 e. The SMILES string of the molecule is COc1ccccc1Nc1nnc(SC(C)c2cccc([N+](=O)[O-])c2)s1. The van der Waals surface area contributed by atoms with E-state index in [9.17, 15) is 10.1 Å². The zero-order valence-corrected chi connectivity index (χ0v) is 15.7. The molecule has 2 aromatic carbocycles. The van der Waals surface area contributed by atoms with Crippen LogP contribution in [0.2, 0.25) is 0 Å². The fourth-order valence-electron chi connectivity index (χ4n) is 2.28. The van der Waals surface area contributed by atoms with Crippen molar-refractivity contribution in [1.29, 1.82) is 0 Å². The predicted octanol–water partition coefficient (Wildman–Crippen LogP) is 5.05. The van der Waals surface area contributed by atoms with E-state index in [0.717, 1.165) is 21.3 Å². The molecule has 1 aromatic heterocycles. The van der Waals surface area contributed by atoms with Gasteiger partial charge >= 0.3 is 0 Å². The maximum Gasteiger partial charge on any atom is 0.269 e. The molecule has 1 heterocycles. The monoisotopic (exact) mass is 388 g/mol. The van der Waals surface area contributed by atoms with Gasteiger partial charge in [-0.25, -0.2) is 0 Å². The number of para-hydroxylation sites is 2. The average molecular weight is 388 g/mol. The van der Waals surface area contributed by atoms with Gasteiger partial charge in [0.1, 0.15) is 5.75 Å². The van der Waals surface area contributed by atoms with Crippen LogP contribution in [0.5, 0.6) is 5.75 Å². The summed E-state index contributed by atoms with van der Waals surface area (Å²) in [6.07, 6.45) is 0. The van der Waals surface area contributed by atoms with E-state index in [1.807, 2.05) is 37.3 Å². The first-order chi connectivity index (χ1) is 12.6. The van der Waals surface area contributed by atoms with Gasteiger partial charge in [0.25, 0.3) is 5.69 Å². The third-order valence-corrected chi connectivity index (χ3v) is 5.66. The van der Waals surface area contributed by atoms with Crippen molar-refractivity contribution < 1.29 is 9.66 Å². The maximum absolute atomic E-state index is 10.9. The van der Waals surface area contributed by atoms with Crippen molar-refractivity contribution in [2.75, 3.05) is 12.4 Å². The van der Waals surface area contributed by atoms with Crippen LogP contribution < -0.4 is 10.1 Å². The lowest BCUT2D eigenvalue weighted by atomic mass is 10.1. The molecule has 0 aliphatic rings. The van der Waals surface area contributed by atoms with E-state index >= 15 is 0 Å². The standard InChI is InChI=1S/C17H16N4O3S2/c1-11(12-6-5-7-13(10-12)21(22)23)25-17-20-19-16(26-17)18-14-8-3-4-9-15(14)24-2/h3-11H,1-2H3,(H,18,19). The highest BCUT2D eigenvalue weighted by Gasteiger charge is 2.15. The molecule has 0 fully saturated rings. The minimum absolute atomic E-state index is 0.0157. The number of hydrogen-bond acceptors (Lipinski definition) is 8. The highest BCUT2D eigenvalue weighted by atomic mass is 32.2. The number of ether oxygens (including phenoxy) is 1. The van der Waals surface area contributed by atoms with Crippen molar-refractivity contribution in [2.24, 2.45) is 0 Å². The number of nitro groups is 1. The topological polar surface area (TPSA) is 90.2 Å². The second-order valence-electron chi connectivity index (χ2n) is 5.31. The Labute approximate surface area is 158 Å². The molecule has 134 valence electrons. The van der Waals surface area contributed by atoms with Gasteiger partial charge in [-0.3, -0.25) is 10.1 Å². The highest BCUT2D eigenvalue weighted by Crippen LogP contribution is 2.39. The number of nitrogens with one attached hydrogen (secondary N) is 1. The number of anilines is 2. The van der Waals surface area contributed by atoms with Crippen LogP contribution in [-0.2, 0) is 0 Å². The number of benzene rings is 2. The molecule has 3 aromatic rings. The molecule has 0 amide bonds. The molecule has 0 aliphatic heterocycles. The molecule has 9 heteroatoms. The Kier molecular flexibility index (Phi) is 5.69. The van der Waals surface area contributed by atoms with E-state index in [1.54, 1.807) is 19.2 Å². The van der Waals surface area contributed by atoms with Gasteiger partial charge < -0.3 is 10.1 Å². The van der Waals surface area contributed by atoms with E-state index in [2.05, 4.69) is 15.5 Å². The van der Waals surface area contributed by atoms with Crippen LogP contribution in [-0.4, -0.2) is 22.2 Å². The van der Waals surface area contributed by atoms with E-state index in [1.165, 1.54) is 29.2 Å². The summed E-state index contributed by atoms with van der Waals surface area (Å²) in [5, 5.41) is 23.1. The van der Waals surface area contributed by atoms with E-state index < -0.39 is 0 Å². The van der Waals surface area contributed by atoms with E-state index in [0.29, 0.717) is 5.13 Å². The summed E-state index contributed by atoms with van der Waals surface area (Å²) < 4.78 is 6.09. The Bertz CT molecular complexity index is 916. The summed E-state index contributed by atoms with van der Waals surface area (Å²) in [7, 11) is 1.61. The molecule has 0 radical (unpaired) electrons. The molecule has 26 heavy (non-hydrogen) atoms. The van der Waals surface area contributed by atoms with Crippen LogP contribution in [0, 0.1) is 10.1 Å². The maximum atomic E-state index is 10.9. The summed E-state index contributed by atoms with van der Waals surface area (Å²) in [5.41, 5.74) is 1.78. The molecule has 0 bridgehead atoms. The number of methoxy groups -OCH3 is 1. The first-order valence-corrected chi connectivity index (χ1v) is 9.41. The summed E-state index contributed by atoms with van der Waals surface area (Å²) in [4.78, 5) is 10.5. The lowest BCUT2D eigenvalue weighted by molar-refractivity contribution is -0.384. The summed E-state index contributed by atoms with van der Waals surface area (Å²) in [5.74, 6) is 0.724. The Hall–Kier alpha value is -2.65. The minimum atomic E-state index is -0.388. The van der Waals surface area contributed by atoms with Crippen LogP contribution >= 0.6 is 23.1 Å². The zero-order valence-electron chi connectivity index (χ0n) is 14.1. The molecule has 3 rings (SSSR count). The van der Waals surface area contributed by atoms with Crippen molar-refractivity contribution in [3.8, 4) is 5.75 Å². The number of hydrogen-bond donors (Lipinski definition) is 1. The number of nitrogens with zero attached hydrogens (tertiary/aromatic N) is 3. The van der Waals surface area contributed by atoms with Gasteiger partial charge in [-0.1, -0.05) is 47.4 Å². The van der Waals surface area contributed by atoms with Crippen LogP contribution in [0.15, 0.2) is 52.9 Å². The first kappa shape index (κ1) is 18.2. The quantitative estimate of drug-likeness (QED) is 0.344. The molecule has 0 saturated carbocycles. The van der Waals surface area contributed by atoms with Gasteiger partial charge in [-0.05, 0) is 24.6 Å². The average Bonchev–Trinajstić information content (AvgIpc) is 3.09. The molecular formula is C17H16N4O3S2. The fraction of sp³-hybridized carbons (Fsp3) is 0.176. The Morgan fingerprint density at radius 1 is 1.23 bits per heavy atom. The zero-order chi connectivity index (χ0) is 18.5. The van der Waals surface area contributed by atoms with Crippen LogP contribution in [0.3, 0.4) is 0 Å². The largest absolute Gasteiger partial charge is 0.495 e. The van der Waals surface area contributed by atoms with Crippen molar-refractivity contribution in [3.05, 3.63) is 64.2 Å². The lowest BCUT2D eigenvalue weighted by Gasteiger charge is -2.09. The van der Waals surface area contributed by atoms with Crippen molar-refractivity contribution in [2.45, 2.75) is 16.5 Å². The Balaban J connectivity index is 1.70.